The number of nitrogens with one attached hydrogen (secondary N) is 1. The molecule has 0 saturated carbocycles. The Bertz CT molecular complexity index is 437. The molecule has 0 spiro atoms. The largest absolute Gasteiger partial charge is 0.355 e. The van der Waals surface area contributed by atoms with E-state index in [1.165, 1.54) is 11.1 Å². The second kappa shape index (κ2) is 6.59. The van der Waals surface area contributed by atoms with Crippen molar-refractivity contribution in [3.8, 4) is 0 Å². The Morgan fingerprint density at radius 1 is 1.26 bits per heavy atom. The highest BCUT2D eigenvalue weighted by Gasteiger charge is 2.22. The van der Waals surface area contributed by atoms with Crippen LogP contribution >= 0.6 is 24.0 Å². The number of nitrogens with zero attached hydrogens (tertiary/aromatic N) is 2. The minimum absolute atomic E-state index is 0. The molecule has 0 amide bonds. The number of likely N-dealkylation sites (N-methyl/N-ethyl adjacent to an activating group) is 1. The fourth-order valence-corrected chi connectivity index (χ4v) is 2.13. The molecule has 0 aromatic heterocycles. The van der Waals surface area contributed by atoms with Crippen LogP contribution in [-0.2, 0) is 5.41 Å². The van der Waals surface area contributed by atoms with Gasteiger partial charge in [-0.1, -0.05) is 43.7 Å². The molecule has 0 atom stereocenters. The van der Waals surface area contributed by atoms with Gasteiger partial charge in [-0.05, 0) is 12.5 Å². The smallest absolute Gasteiger partial charge is 0.193 e. The van der Waals surface area contributed by atoms with Crippen molar-refractivity contribution in [1.82, 2.24) is 10.2 Å². The Labute approximate surface area is 133 Å². The lowest BCUT2D eigenvalue weighted by Gasteiger charge is -2.27. The zero-order chi connectivity index (χ0) is 13.2. The van der Waals surface area contributed by atoms with Crippen LogP contribution in [0.3, 0.4) is 0 Å². The van der Waals surface area contributed by atoms with Gasteiger partial charge in [-0.3, -0.25) is 4.99 Å². The first-order valence-electron chi connectivity index (χ1n) is 6.56. The molecule has 1 aliphatic heterocycles. The molecule has 2 rings (SSSR count). The molecule has 0 radical (unpaired) electrons. The molecule has 4 heteroatoms. The van der Waals surface area contributed by atoms with Crippen molar-refractivity contribution in [2.75, 3.05) is 26.7 Å². The summed E-state index contributed by atoms with van der Waals surface area (Å²) in [4.78, 5) is 6.63. The molecule has 1 heterocycles. The lowest BCUT2D eigenvalue weighted by Crippen LogP contribution is -2.42. The highest BCUT2D eigenvalue weighted by molar-refractivity contribution is 14.0. The fourth-order valence-electron chi connectivity index (χ4n) is 2.13. The normalized spacial score (nSPS) is 14.9. The van der Waals surface area contributed by atoms with E-state index in [2.05, 4.69) is 67.3 Å². The fraction of sp³-hybridized carbons (Fsp3) is 0.533. The number of rotatable bonds is 3. The van der Waals surface area contributed by atoms with E-state index in [1.807, 2.05) is 0 Å². The maximum absolute atomic E-state index is 4.46. The average Bonchev–Trinajstić information content (AvgIpc) is 2.73. The van der Waals surface area contributed by atoms with Gasteiger partial charge in [0.25, 0.3) is 0 Å². The van der Waals surface area contributed by atoms with Crippen molar-refractivity contribution in [3.05, 3.63) is 35.4 Å². The van der Waals surface area contributed by atoms with E-state index in [0.717, 1.165) is 25.6 Å². The van der Waals surface area contributed by atoms with Gasteiger partial charge in [0.2, 0.25) is 0 Å². The summed E-state index contributed by atoms with van der Waals surface area (Å²) in [6.07, 6.45) is 0. The summed E-state index contributed by atoms with van der Waals surface area (Å²) < 4.78 is 0. The van der Waals surface area contributed by atoms with Gasteiger partial charge in [-0.25, -0.2) is 0 Å². The first kappa shape index (κ1) is 16.3. The van der Waals surface area contributed by atoms with Gasteiger partial charge in [0.1, 0.15) is 0 Å². The summed E-state index contributed by atoms with van der Waals surface area (Å²) in [5.41, 5.74) is 2.78. The Morgan fingerprint density at radius 3 is 2.42 bits per heavy atom. The van der Waals surface area contributed by atoms with E-state index < -0.39 is 0 Å². The molecule has 0 bridgehead atoms. The molecule has 1 aromatic rings. The van der Waals surface area contributed by atoms with Crippen molar-refractivity contribution in [1.29, 1.82) is 0 Å². The highest BCUT2D eigenvalue weighted by atomic mass is 127. The third kappa shape index (κ3) is 4.09. The van der Waals surface area contributed by atoms with Crippen molar-refractivity contribution in [2.24, 2.45) is 4.99 Å². The van der Waals surface area contributed by atoms with Gasteiger partial charge in [0, 0.05) is 25.6 Å². The number of benzene rings is 1. The van der Waals surface area contributed by atoms with Gasteiger partial charge in [-0.15, -0.1) is 24.0 Å². The third-order valence-electron chi connectivity index (χ3n) is 3.58. The lowest BCUT2D eigenvalue weighted by atomic mass is 9.84. The molecule has 0 saturated heterocycles. The predicted molar refractivity (Wildman–Crippen MR) is 92.6 cm³/mol. The van der Waals surface area contributed by atoms with Crippen LogP contribution in [0.1, 0.15) is 25.0 Å². The van der Waals surface area contributed by atoms with Crippen molar-refractivity contribution in [3.63, 3.8) is 0 Å². The summed E-state index contributed by atoms with van der Waals surface area (Å²) in [6, 6.07) is 8.79. The van der Waals surface area contributed by atoms with Gasteiger partial charge < -0.3 is 10.2 Å². The zero-order valence-corrected chi connectivity index (χ0v) is 14.6. The number of aliphatic imine (C=N–C) groups is 1. The van der Waals surface area contributed by atoms with Crippen LogP contribution in [0.4, 0.5) is 0 Å². The molecule has 1 aromatic carbocycles. The standard InChI is InChI=1S/C15H23N3.HI/c1-12-5-7-13(8-6-12)15(2,3)11-17-14-16-9-10-18(14)4;/h5-8H,9-11H2,1-4H3,(H,16,17);1H. The van der Waals surface area contributed by atoms with Crippen LogP contribution in [0.5, 0.6) is 0 Å². The van der Waals surface area contributed by atoms with E-state index >= 15 is 0 Å². The van der Waals surface area contributed by atoms with E-state index in [1.54, 1.807) is 0 Å². The molecule has 0 fully saturated rings. The number of halogens is 1. The van der Waals surface area contributed by atoms with Crippen molar-refractivity contribution in [2.45, 2.75) is 26.2 Å². The molecule has 1 aliphatic rings. The summed E-state index contributed by atoms with van der Waals surface area (Å²) in [6.45, 7) is 9.48. The average molecular weight is 373 g/mol. The topological polar surface area (TPSA) is 27.6 Å². The molecule has 106 valence electrons. The van der Waals surface area contributed by atoms with E-state index in [-0.39, 0.29) is 29.4 Å². The lowest BCUT2D eigenvalue weighted by molar-refractivity contribution is 0.480. The van der Waals surface area contributed by atoms with Crippen molar-refractivity contribution < 1.29 is 0 Å². The molecule has 19 heavy (non-hydrogen) atoms. The van der Waals surface area contributed by atoms with E-state index in [9.17, 15) is 0 Å². The molecular weight excluding hydrogens is 349 g/mol. The number of hydrogen-bond donors (Lipinski definition) is 1. The number of hydrogen-bond acceptors (Lipinski definition) is 3. The van der Waals surface area contributed by atoms with Gasteiger partial charge in [0.15, 0.2) is 5.96 Å². The van der Waals surface area contributed by atoms with Gasteiger partial charge >= 0.3 is 0 Å². The van der Waals surface area contributed by atoms with Crippen LogP contribution in [0.25, 0.3) is 0 Å². The van der Waals surface area contributed by atoms with Crippen molar-refractivity contribution >= 4 is 29.9 Å². The summed E-state index contributed by atoms with van der Waals surface area (Å²) in [5, 5.41) is 3.46. The van der Waals surface area contributed by atoms with Crippen LogP contribution in [-0.4, -0.2) is 37.5 Å². The molecular formula is C15H24IN3. The second-order valence-electron chi connectivity index (χ2n) is 5.73. The predicted octanol–water partition coefficient (Wildman–Crippen LogP) is 2.78. The highest BCUT2D eigenvalue weighted by Crippen LogP contribution is 2.22. The maximum Gasteiger partial charge on any atom is 0.193 e. The monoisotopic (exact) mass is 373 g/mol. The molecule has 0 unspecified atom stereocenters. The first-order valence-corrected chi connectivity index (χ1v) is 6.56. The maximum atomic E-state index is 4.46. The van der Waals surface area contributed by atoms with Crippen LogP contribution in [0, 0.1) is 6.92 Å². The van der Waals surface area contributed by atoms with E-state index in [0.29, 0.717) is 0 Å². The van der Waals surface area contributed by atoms with Gasteiger partial charge in [0.05, 0.1) is 6.54 Å². The molecule has 0 aliphatic carbocycles. The number of guanidine groups is 1. The summed E-state index contributed by atoms with van der Waals surface area (Å²) in [7, 11) is 2.08. The molecule has 1 N–H and O–H groups in total. The Balaban J connectivity index is 0.00000180. The summed E-state index contributed by atoms with van der Waals surface area (Å²) in [5.74, 6) is 1.02. The quantitative estimate of drug-likeness (QED) is 0.826. The van der Waals surface area contributed by atoms with Gasteiger partial charge in [-0.2, -0.15) is 0 Å². The minimum Gasteiger partial charge on any atom is -0.355 e. The Morgan fingerprint density at radius 2 is 1.89 bits per heavy atom. The Hall–Kier alpha value is -0.780. The minimum atomic E-state index is 0. The summed E-state index contributed by atoms with van der Waals surface area (Å²) >= 11 is 0. The second-order valence-corrected chi connectivity index (χ2v) is 5.73. The third-order valence-corrected chi connectivity index (χ3v) is 3.58. The zero-order valence-electron chi connectivity index (χ0n) is 12.2. The molecule has 3 nitrogen and oxygen atoms in total. The van der Waals surface area contributed by atoms with Crippen LogP contribution in [0.15, 0.2) is 29.3 Å². The number of aryl methyl sites for hydroxylation is 1. The van der Waals surface area contributed by atoms with E-state index in [4.69, 9.17) is 0 Å². The van der Waals surface area contributed by atoms with Crippen LogP contribution < -0.4 is 5.32 Å². The SMILES string of the molecule is Cc1ccc(C(C)(C)CNC2=NCCN2C)cc1.I. The first-order chi connectivity index (χ1) is 8.49. The Kier molecular flexibility index (Phi) is 5.64. The van der Waals surface area contributed by atoms with Crippen LogP contribution in [0.2, 0.25) is 0 Å².